The summed E-state index contributed by atoms with van der Waals surface area (Å²) in [5, 5.41) is 2.14. The van der Waals surface area contributed by atoms with Crippen molar-refractivity contribution in [1.29, 1.82) is 0 Å². The molecule has 5 heteroatoms. The molecule has 2 N–H and O–H groups in total. The monoisotopic (exact) mass is 329 g/mol. The third-order valence-corrected chi connectivity index (χ3v) is 3.87. The van der Waals surface area contributed by atoms with E-state index in [9.17, 15) is 0 Å². The minimum Gasteiger partial charge on any atom is -0.437 e. The van der Waals surface area contributed by atoms with Gasteiger partial charge in [-0.25, -0.2) is 4.98 Å². The van der Waals surface area contributed by atoms with Gasteiger partial charge in [-0.1, -0.05) is 36.4 Å². The summed E-state index contributed by atoms with van der Waals surface area (Å²) in [6, 6.07) is 13.9. The molecule has 2 aromatic carbocycles. The molecule has 0 aliphatic heterocycles. The minimum absolute atomic E-state index is 0.195. The molecule has 0 bridgehead atoms. The molecule has 0 saturated carbocycles. The van der Waals surface area contributed by atoms with Gasteiger partial charge in [0.2, 0.25) is 11.8 Å². The summed E-state index contributed by atoms with van der Waals surface area (Å²) in [7, 11) is 0. The van der Waals surface area contributed by atoms with Crippen LogP contribution < -0.4 is 10.5 Å². The van der Waals surface area contributed by atoms with Crippen molar-refractivity contribution in [2.24, 2.45) is 0 Å². The highest BCUT2D eigenvalue weighted by atomic mass is 79.9. The molecule has 0 spiro atoms. The van der Waals surface area contributed by atoms with Gasteiger partial charge in [0.1, 0.15) is 10.2 Å². The van der Waals surface area contributed by atoms with Gasteiger partial charge in [0.15, 0.2) is 0 Å². The van der Waals surface area contributed by atoms with Gasteiger partial charge in [-0.3, -0.25) is 0 Å². The third-order valence-electron chi connectivity index (χ3n) is 2.96. The molecule has 3 rings (SSSR count). The second kappa shape index (κ2) is 5.09. The molecular formula is C15H12BrN3O. The van der Waals surface area contributed by atoms with Crippen LogP contribution in [0.2, 0.25) is 0 Å². The van der Waals surface area contributed by atoms with Crippen LogP contribution in [0, 0.1) is 6.92 Å². The lowest BCUT2D eigenvalue weighted by molar-refractivity contribution is 0.463. The molecule has 1 aromatic heterocycles. The van der Waals surface area contributed by atoms with Crippen LogP contribution in [0.25, 0.3) is 10.8 Å². The second-order valence-corrected chi connectivity index (χ2v) is 5.16. The topological polar surface area (TPSA) is 61.0 Å². The van der Waals surface area contributed by atoms with Crippen molar-refractivity contribution in [2.75, 3.05) is 5.73 Å². The molecule has 1 heterocycles. The van der Waals surface area contributed by atoms with Gasteiger partial charge in [0.05, 0.1) is 5.69 Å². The minimum atomic E-state index is 0.195. The van der Waals surface area contributed by atoms with Crippen molar-refractivity contribution in [3.63, 3.8) is 0 Å². The van der Waals surface area contributed by atoms with Gasteiger partial charge in [-0.15, -0.1) is 0 Å². The first-order valence-corrected chi connectivity index (χ1v) is 6.89. The molecule has 100 valence electrons. The van der Waals surface area contributed by atoms with E-state index in [2.05, 4.69) is 25.9 Å². The number of nitrogens with zero attached hydrogens (tertiary/aromatic N) is 2. The fraction of sp³-hybridized carbons (Fsp3) is 0.0667. The predicted octanol–water partition coefficient (Wildman–Crippen LogP) is 4.08. The number of halogens is 1. The number of aromatic nitrogens is 2. The van der Waals surface area contributed by atoms with Crippen molar-refractivity contribution >= 4 is 32.7 Å². The predicted molar refractivity (Wildman–Crippen MR) is 82.9 cm³/mol. The molecule has 0 amide bonds. The molecule has 0 radical (unpaired) electrons. The molecule has 0 unspecified atom stereocenters. The van der Waals surface area contributed by atoms with E-state index in [0.717, 1.165) is 22.2 Å². The quantitative estimate of drug-likeness (QED) is 0.769. The SMILES string of the molecule is Cc1nc(N)nc(Oc2cccc3ccccc23)c1Br. The summed E-state index contributed by atoms with van der Waals surface area (Å²) < 4.78 is 6.61. The van der Waals surface area contributed by atoms with E-state index in [1.807, 2.05) is 49.4 Å². The fourth-order valence-corrected chi connectivity index (χ4v) is 2.27. The first kappa shape index (κ1) is 12.9. The maximum atomic E-state index is 5.91. The summed E-state index contributed by atoms with van der Waals surface area (Å²) in [5.41, 5.74) is 6.41. The lowest BCUT2D eigenvalue weighted by atomic mass is 10.1. The van der Waals surface area contributed by atoms with Crippen molar-refractivity contribution in [3.05, 3.63) is 52.6 Å². The Morgan fingerprint density at radius 3 is 2.65 bits per heavy atom. The van der Waals surface area contributed by atoms with Gasteiger partial charge >= 0.3 is 0 Å². The molecule has 20 heavy (non-hydrogen) atoms. The van der Waals surface area contributed by atoms with E-state index in [0.29, 0.717) is 10.4 Å². The number of nitrogen functional groups attached to an aromatic ring is 1. The Morgan fingerprint density at radius 1 is 1.05 bits per heavy atom. The average Bonchev–Trinajstić information content (AvgIpc) is 2.44. The zero-order valence-corrected chi connectivity index (χ0v) is 12.4. The summed E-state index contributed by atoms with van der Waals surface area (Å²) in [6.07, 6.45) is 0. The van der Waals surface area contributed by atoms with Crippen molar-refractivity contribution < 1.29 is 4.74 Å². The highest BCUT2D eigenvalue weighted by molar-refractivity contribution is 9.10. The van der Waals surface area contributed by atoms with E-state index in [-0.39, 0.29) is 5.95 Å². The highest BCUT2D eigenvalue weighted by Crippen LogP contribution is 2.33. The van der Waals surface area contributed by atoms with E-state index in [1.165, 1.54) is 0 Å². The molecule has 0 aliphatic rings. The zero-order chi connectivity index (χ0) is 14.1. The largest absolute Gasteiger partial charge is 0.437 e. The number of fused-ring (bicyclic) bond motifs is 1. The Labute approximate surface area is 124 Å². The molecule has 0 saturated heterocycles. The standard InChI is InChI=1S/C15H12BrN3O/c1-9-13(16)14(19-15(17)18-9)20-12-8-4-6-10-5-2-3-7-11(10)12/h2-8H,1H3,(H2,17,18,19). The van der Waals surface area contributed by atoms with E-state index in [4.69, 9.17) is 10.5 Å². The van der Waals surface area contributed by atoms with Gasteiger partial charge in [0, 0.05) is 5.39 Å². The number of benzene rings is 2. The van der Waals surface area contributed by atoms with Gasteiger partial charge in [-0.05, 0) is 34.3 Å². The van der Waals surface area contributed by atoms with Gasteiger partial charge in [-0.2, -0.15) is 4.98 Å². The Bertz CT molecular complexity index is 784. The molecule has 0 aliphatic carbocycles. The number of anilines is 1. The van der Waals surface area contributed by atoms with Crippen LogP contribution in [0.5, 0.6) is 11.6 Å². The van der Waals surface area contributed by atoms with Crippen LogP contribution >= 0.6 is 15.9 Å². The second-order valence-electron chi connectivity index (χ2n) is 4.37. The van der Waals surface area contributed by atoms with Crippen LogP contribution in [-0.4, -0.2) is 9.97 Å². The molecule has 0 fully saturated rings. The third kappa shape index (κ3) is 2.32. The van der Waals surface area contributed by atoms with Crippen molar-refractivity contribution in [1.82, 2.24) is 9.97 Å². The van der Waals surface area contributed by atoms with E-state index in [1.54, 1.807) is 0 Å². The first-order chi connectivity index (χ1) is 9.65. The fourth-order valence-electron chi connectivity index (χ4n) is 2.01. The molecule has 4 nitrogen and oxygen atoms in total. The molecule has 3 aromatic rings. The maximum absolute atomic E-state index is 5.91. The van der Waals surface area contributed by atoms with Crippen LogP contribution in [0.3, 0.4) is 0 Å². The molecule has 0 atom stereocenters. The smallest absolute Gasteiger partial charge is 0.238 e. The molecular weight excluding hydrogens is 318 g/mol. The lowest BCUT2D eigenvalue weighted by Crippen LogP contribution is -2.00. The van der Waals surface area contributed by atoms with Gasteiger partial charge < -0.3 is 10.5 Å². The van der Waals surface area contributed by atoms with E-state index < -0.39 is 0 Å². The summed E-state index contributed by atoms with van der Waals surface area (Å²) in [5.74, 6) is 1.36. The highest BCUT2D eigenvalue weighted by Gasteiger charge is 2.11. The summed E-state index contributed by atoms with van der Waals surface area (Å²) in [4.78, 5) is 8.21. The Balaban J connectivity index is 2.10. The van der Waals surface area contributed by atoms with Crippen molar-refractivity contribution in [3.8, 4) is 11.6 Å². The number of hydrogen-bond donors (Lipinski definition) is 1. The number of ether oxygens (including phenoxy) is 1. The number of rotatable bonds is 2. The Kier molecular flexibility index (Phi) is 3.28. The zero-order valence-electron chi connectivity index (χ0n) is 10.8. The summed E-state index contributed by atoms with van der Waals surface area (Å²) in [6.45, 7) is 1.85. The first-order valence-electron chi connectivity index (χ1n) is 6.10. The number of hydrogen-bond acceptors (Lipinski definition) is 4. The van der Waals surface area contributed by atoms with Gasteiger partial charge in [0.25, 0.3) is 0 Å². The van der Waals surface area contributed by atoms with Crippen LogP contribution in [0.1, 0.15) is 5.69 Å². The lowest BCUT2D eigenvalue weighted by Gasteiger charge is -2.10. The summed E-state index contributed by atoms with van der Waals surface area (Å²) >= 11 is 3.43. The van der Waals surface area contributed by atoms with Crippen LogP contribution in [0.15, 0.2) is 46.9 Å². The van der Waals surface area contributed by atoms with Crippen LogP contribution in [0.4, 0.5) is 5.95 Å². The van der Waals surface area contributed by atoms with Crippen LogP contribution in [-0.2, 0) is 0 Å². The number of nitrogens with two attached hydrogens (primary N) is 1. The number of aryl methyl sites for hydroxylation is 1. The maximum Gasteiger partial charge on any atom is 0.238 e. The van der Waals surface area contributed by atoms with E-state index >= 15 is 0 Å². The Morgan fingerprint density at radius 2 is 1.80 bits per heavy atom. The normalized spacial score (nSPS) is 10.7. The van der Waals surface area contributed by atoms with Crippen molar-refractivity contribution in [2.45, 2.75) is 6.92 Å². The average molecular weight is 330 g/mol. The Hall–Kier alpha value is -2.14.